The zero-order valence-electron chi connectivity index (χ0n) is 11.4. The van der Waals surface area contributed by atoms with Gasteiger partial charge in [0, 0.05) is 29.7 Å². The fourth-order valence-corrected chi connectivity index (χ4v) is 1.63. The van der Waals surface area contributed by atoms with Crippen molar-refractivity contribution in [3.8, 4) is 11.4 Å². The summed E-state index contributed by atoms with van der Waals surface area (Å²) >= 11 is 0. The minimum atomic E-state index is -0.450. The van der Waals surface area contributed by atoms with Crippen LogP contribution in [0.2, 0.25) is 0 Å². The maximum absolute atomic E-state index is 10.6. The molecule has 2 N–H and O–H groups in total. The summed E-state index contributed by atoms with van der Waals surface area (Å²) in [4.78, 5) is 14.4. The van der Waals surface area contributed by atoms with Crippen molar-refractivity contribution in [2.45, 2.75) is 32.2 Å². The van der Waals surface area contributed by atoms with Gasteiger partial charge in [-0.05, 0) is 32.4 Å². The molecule has 1 aromatic carbocycles. The highest BCUT2D eigenvalue weighted by atomic mass is 16.6. The highest BCUT2D eigenvalue weighted by Gasteiger charge is 2.15. The van der Waals surface area contributed by atoms with Gasteiger partial charge in [0.1, 0.15) is 0 Å². The van der Waals surface area contributed by atoms with Gasteiger partial charge in [-0.15, -0.1) is 0 Å². The molecule has 0 amide bonds. The van der Waals surface area contributed by atoms with E-state index in [0.717, 1.165) is 6.42 Å². The van der Waals surface area contributed by atoms with E-state index < -0.39 is 4.92 Å². The first-order chi connectivity index (χ1) is 9.35. The highest BCUT2D eigenvalue weighted by Crippen LogP contribution is 2.20. The Kier molecular flexibility index (Phi) is 3.80. The van der Waals surface area contributed by atoms with Gasteiger partial charge in [0.15, 0.2) is 0 Å². The maximum Gasteiger partial charge on any atom is 0.269 e. The molecule has 0 saturated heterocycles. The van der Waals surface area contributed by atoms with Crippen LogP contribution in [0.4, 0.5) is 5.69 Å². The zero-order valence-corrected chi connectivity index (χ0v) is 11.4. The number of nitro benzene ring substituents is 1. The number of hydrogen-bond donors (Lipinski definition) is 1. The molecule has 0 unspecified atom stereocenters. The van der Waals surface area contributed by atoms with Gasteiger partial charge in [0.25, 0.3) is 5.69 Å². The summed E-state index contributed by atoms with van der Waals surface area (Å²) in [6.07, 6.45) is 1.33. The molecule has 106 valence electrons. The van der Waals surface area contributed by atoms with Crippen molar-refractivity contribution in [1.29, 1.82) is 0 Å². The molecule has 0 radical (unpaired) electrons. The third-order valence-corrected chi connectivity index (χ3v) is 2.79. The third kappa shape index (κ3) is 3.61. The molecule has 0 aliphatic carbocycles. The second-order valence-electron chi connectivity index (χ2n) is 5.30. The molecule has 0 fully saturated rings. The van der Waals surface area contributed by atoms with Crippen molar-refractivity contribution in [2.75, 3.05) is 0 Å². The Labute approximate surface area is 115 Å². The van der Waals surface area contributed by atoms with E-state index in [9.17, 15) is 10.1 Å². The van der Waals surface area contributed by atoms with Crippen molar-refractivity contribution in [3.05, 3.63) is 40.3 Å². The third-order valence-electron chi connectivity index (χ3n) is 2.79. The number of nitro groups is 1. The first-order valence-corrected chi connectivity index (χ1v) is 6.21. The molecule has 7 heteroatoms. The SMILES string of the molecule is CC(C)(N)CCc1nc(-c2ccc([N+](=O)[O-])cc2)no1. The van der Waals surface area contributed by atoms with E-state index in [4.69, 9.17) is 10.3 Å². The van der Waals surface area contributed by atoms with Gasteiger partial charge in [-0.2, -0.15) is 4.98 Å². The molecule has 0 aliphatic rings. The molecule has 1 heterocycles. The summed E-state index contributed by atoms with van der Waals surface area (Å²) in [7, 11) is 0. The number of nitrogens with zero attached hydrogens (tertiary/aromatic N) is 3. The largest absolute Gasteiger partial charge is 0.339 e. The lowest BCUT2D eigenvalue weighted by atomic mass is 10.0. The summed E-state index contributed by atoms with van der Waals surface area (Å²) in [6.45, 7) is 3.86. The molecule has 0 bridgehead atoms. The summed E-state index contributed by atoms with van der Waals surface area (Å²) in [5.74, 6) is 0.932. The molecular formula is C13H16N4O3. The predicted molar refractivity (Wildman–Crippen MR) is 73.0 cm³/mol. The summed E-state index contributed by atoms with van der Waals surface area (Å²) in [5.41, 5.74) is 6.31. The Bertz CT molecular complexity index is 599. The summed E-state index contributed by atoms with van der Waals surface area (Å²) < 4.78 is 5.14. The summed E-state index contributed by atoms with van der Waals surface area (Å²) in [6, 6.07) is 6.02. The van der Waals surface area contributed by atoms with E-state index in [1.165, 1.54) is 12.1 Å². The van der Waals surface area contributed by atoms with E-state index in [0.29, 0.717) is 23.7 Å². The van der Waals surface area contributed by atoms with Gasteiger partial charge >= 0.3 is 0 Å². The van der Waals surface area contributed by atoms with Crippen LogP contribution in [0.5, 0.6) is 0 Å². The average Bonchev–Trinajstić information content (AvgIpc) is 2.84. The van der Waals surface area contributed by atoms with Crippen molar-refractivity contribution in [1.82, 2.24) is 10.1 Å². The van der Waals surface area contributed by atoms with E-state index in [-0.39, 0.29) is 11.2 Å². The molecule has 2 rings (SSSR count). The van der Waals surface area contributed by atoms with E-state index in [1.807, 2.05) is 13.8 Å². The molecule has 1 aromatic heterocycles. The number of benzene rings is 1. The topological polar surface area (TPSA) is 108 Å². The van der Waals surface area contributed by atoms with Crippen molar-refractivity contribution in [2.24, 2.45) is 5.73 Å². The fraction of sp³-hybridized carbons (Fsp3) is 0.385. The number of aryl methyl sites for hydroxylation is 1. The van der Waals surface area contributed by atoms with Crippen LogP contribution in [-0.4, -0.2) is 20.6 Å². The van der Waals surface area contributed by atoms with Gasteiger partial charge in [-0.25, -0.2) is 0 Å². The number of non-ortho nitro benzene ring substituents is 1. The Morgan fingerprint density at radius 2 is 2.00 bits per heavy atom. The molecule has 0 spiro atoms. The lowest BCUT2D eigenvalue weighted by molar-refractivity contribution is -0.384. The smallest absolute Gasteiger partial charge is 0.269 e. The molecule has 20 heavy (non-hydrogen) atoms. The van der Waals surface area contributed by atoms with E-state index in [1.54, 1.807) is 12.1 Å². The molecule has 7 nitrogen and oxygen atoms in total. The Balaban J connectivity index is 2.10. The minimum absolute atomic E-state index is 0.0300. The van der Waals surface area contributed by atoms with Crippen LogP contribution in [0.1, 0.15) is 26.2 Å². The number of hydrogen-bond acceptors (Lipinski definition) is 6. The van der Waals surface area contributed by atoms with Crippen LogP contribution < -0.4 is 5.73 Å². The molecule has 0 aliphatic heterocycles. The Morgan fingerprint density at radius 1 is 1.35 bits per heavy atom. The van der Waals surface area contributed by atoms with Gasteiger partial charge in [0.2, 0.25) is 11.7 Å². The van der Waals surface area contributed by atoms with Crippen molar-refractivity contribution in [3.63, 3.8) is 0 Å². The minimum Gasteiger partial charge on any atom is -0.339 e. The van der Waals surface area contributed by atoms with Gasteiger partial charge in [0.05, 0.1) is 4.92 Å². The number of nitrogens with two attached hydrogens (primary N) is 1. The normalized spacial score (nSPS) is 11.6. The monoisotopic (exact) mass is 276 g/mol. The highest BCUT2D eigenvalue weighted by molar-refractivity contribution is 5.56. The van der Waals surface area contributed by atoms with Crippen LogP contribution in [0.3, 0.4) is 0 Å². The quantitative estimate of drug-likeness (QED) is 0.663. The van der Waals surface area contributed by atoms with E-state index >= 15 is 0 Å². The van der Waals surface area contributed by atoms with Gasteiger partial charge in [-0.1, -0.05) is 5.16 Å². The van der Waals surface area contributed by atoms with Gasteiger partial charge in [-0.3, -0.25) is 10.1 Å². The molecule has 2 aromatic rings. The first-order valence-electron chi connectivity index (χ1n) is 6.21. The maximum atomic E-state index is 10.6. The van der Waals surface area contributed by atoms with Crippen LogP contribution in [0.15, 0.2) is 28.8 Å². The van der Waals surface area contributed by atoms with Crippen LogP contribution in [0, 0.1) is 10.1 Å². The molecule has 0 saturated carbocycles. The molecular weight excluding hydrogens is 260 g/mol. The lowest BCUT2D eigenvalue weighted by Gasteiger charge is -2.16. The standard InChI is InChI=1S/C13H16N4O3/c1-13(2,14)8-7-11-15-12(16-20-11)9-3-5-10(6-4-9)17(18)19/h3-6H,7-8,14H2,1-2H3. The van der Waals surface area contributed by atoms with Crippen LogP contribution in [0.25, 0.3) is 11.4 Å². The van der Waals surface area contributed by atoms with Crippen LogP contribution >= 0.6 is 0 Å². The zero-order chi connectivity index (χ0) is 14.8. The second kappa shape index (κ2) is 5.38. The number of rotatable bonds is 5. The Morgan fingerprint density at radius 3 is 2.55 bits per heavy atom. The predicted octanol–water partition coefficient (Wildman–Crippen LogP) is 2.31. The second-order valence-corrected chi connectivity index (χ2v) is 5.30. The Hall–Kier alpha value is -2.28. The van der Waals surface area contributed by atoms with E-state index in [2.05, 4.69) is 10.1 Å². The lowest BCUT2D eigenvalue weighted by Crippen LogP contribution is -2.32. The summed E-state index contributed by atoms with van der Waals surface area (Å²) in [5, 5.41) is 14.4. The van der Waals surface area contributed by atoms with Crippen molar-refractivity contribution >= 4 is 5.69 Å². The molecule has 0 atom stereocenters. The van der Waals surface area contributed by atoms with Gasteiger partial charge < -0.3 is 10.3 Å². The first kappa shape index (κ1) is 14.1. The fourth-order valence-electron chi connectivity index (χ4n) is 1.63. The van der Waals surface area contributed by atoms with Crippen LogP contribution in [-0.2, 0) is 6.42 Å². The average molecular weight is 276 g/mol. The number of aromatic nitrogens is 2. The van der Waals surface area contributed by atoms with Crippen molar-refractivity contribution < 1.29 is 9.45 Å².